The number of ether oxygens (including phenoxy) is 1. The maximum atomic E-state index is 14.1. The van der Waals surface area contributed by atoms with Crippen molar-refractivity contribution < 1.29 is 18.3 Å². The summed E-state index contributed by atoms with van der Waals surface area (Å²) in [5, 5.41) is 8.90. The molecule has 3 fully saturated rings. The van der Waals surface area contributed by atoms with Crippen LogP contribution in [0.25, 0.3) is 0 Å². The minimum atomic E-state index is -2.72. The van der Waals surface area contributed by atoms with Crippen LogP contribution in [0.2, 0.25) is 0 Å². The molecule has 1 amide bonds. The highest BCUT2D eigenvalue weighted by Crippen LogP contribution is 2.58. The zero-order valence-electron chi connectivity index (χ0n) is 19.6. The summed E-state index contributed by atoms with van der Waals surface area (Å²) < 4.78 is 33.7. The summed E-state index contributed by atoms with van der Waals surface area (Å²) in [5.74, 6) is 0.471. The fourth-order valence-electron chi connectivity index (χ4n) is 5.75. The molecule has 10 heteroatoms. The average molecular weight is 483 g/mol. The first-order valence-corrected chi connectivity index (χ1v) is 11.8. The van der Waals surface area contributed by atoms with Gasteiger partial charge in [-0.15, -0.1) is 0 Å². The number of piperazine rings is 1. The maximum absolute atomic E-state index is 14.1. The van der Waals surface area contributed by atoms with Gasteiger partial charge < -0.3 is 14.5 Å². The molecule has 5 rings (SSSR count). The lowest BCUT2D eigenvalue weighted by Gasteiger charge is -2.63. The van der Waals surface area contributed by atoms with Crippen LogP contribution in [0.5, 0.6) is 0 Å². The maximum Gasteiger partial charge on any atom is 0.410 e. The molecular weight excluding hydrogens is 454 g/mol. The number of alkyl halides is 2. The van der Waals surface area contributed by atoms with Gasteiger partial charge in [-0.05, 0) is 12.5 Å². The van der Waals surface area contributed by atoms with Crippen LogP contribution < -0.4 is 4.90 Å². The Hall–Kier alpha value is -3.32. The van der Waals surface area contributed by atoms with Crippen LogP contribution in [0.3, 0.4) is 0 Å². The quantitative estimate of drug-likeness (QED) is 0.647. The number of carbonyl (C=O) groups excluding carboxylic acids is 1. The first-order valence-electron chi connectivity index (χ1n) is 11.8. The molecule has 1 aliphatic carbocycles. The largest absolute Gasteiger partial charge is 0.437 e. The summed E-state index contributed by atoms with van der Waals surface area (Å²) in [6, 6.07) is 11.8. The second kappa shape index (κ2) is 9.04. The lowest BCUT2D eigenvalue weighted by Crippen LogP contribution is -2.71. The molecule has 184 valence electrons. The van der Waals surface area contributed by atoms with Crippen LogP contribution in [0.15, 0.2) is 42.7 Å². The Morgan fingerprint density at radius 3 is 2.49 bits per heavy atom. The number of anilines is 1. The van der Waals surface area contributed by atoms with E-state index in [1.54, 1.807) is 0 Å². The Morgan fingerprint density at radius 2 is 1.89 bits per heavy atom. The van der Waals surface area contributed by atoms with Gasteiger partial charge in [-0.2, -0.15) is 5.26 Å². The summed E-state index contributed by atoms with van der Waals surface area (Å²) in [4.78, 5) is 27.0. The van der Waals surface area contributed by atoms with E-state index in [0.29, 0.717) is 31.1 Å². The summed E-state index contributed by atoms with van der Waals surface area (Å²) in [5.41, 5.74) is -0.326. The SMILES string of the molecule is C[C@@H]1CN(c2ncc(C#N)cn2)CCN1C(=O)OC1(C(F)F)CC2(CN(Cc3ccccc3)C2)C1. The highest BCUT2D eigenvalue weighted by molar-refractivity contribution is 5.69. The number of carbonyl (C=O) groups is 1. The van der Waals surface area contributed by atoms with Crippen LogP contribution in [0.4, 0.5) is 19.5 Å². The van der Waals surface area contributed by atoms with E-state index in [4.69, 9.17) is 10.00 Å². The molecular formula is C25H28F2N6O2. The van der Waals surface area contributed by atoms with Gasteiger partial charge in [-0.25, -0.2) is 23.5 Å². The molecule has 8 nitrogen and oxygen atoms in total. The van der Waals surface area contributed by atoms with Crippen molar-refractivity contribution in [3.63, 3.8) is 0 Å². The van der Waals surface area contributed by atoms with Crippen molar-refractivity contribution >= 4 is 12.0 Å². The van der Waals surface area contributed by atoms with E-state index in [1.807, 2.05) is 36.1 Å². The standard InChI is InChI=1S/C25H28F2N6O2/c1-18-12-32(22-29-10-20(9-28)11-30-22)7-8-33(18)23(34)35-25(21(26)27)14-24(15-25)16-31(17-24)13-19-5-3-2-4-6-19/h2-6,10-11,18,21H,7-8,12-17H2,1H3/t18-/m1/s1. The normalized spacial score (nSPS) is 22.9. The number of aromatic nitrogens is 2. The van der Waals surface area contributed by atoms with Crippen molar-refractivity contribution in [2.75, 3.05) is 37.6 Å². The molecule has 3 aliphatic rings. The molecule has 1 saturated carbocycles. The molecule has 1 aromatic carbocycles. The molecule has 1 aromatic heterocycles. The number of benzene rings is 1. The highest BCUT2D eigenvalue weighted by Gasteiger charge is 2.66. The number of hydrogen-bond donors (Lipinski definition) is 0. The lowest BCUT2D eigenvalue weighted by atomic mass is 9.55. The highest BCUT2D eigenvalue weighted by atomic mass is 19.3. The fraction of sp³-hybridized carbons (Fsp3) is 0.520. The summed E-state index contributed by atoms with van der Waals surface area (Å²) in [6.45, 7) is 5.35. The van der Waals surface area contributed by atoms with Gasteiger partial charge in [-0.3, -0.25) is 4.90 Å². The van der Waals surface area contributed by atoms with E-state index < -0.39 is 18.1 Å². The number of likely N-dealkylation sites (tertiary alicyclic amines) is 1. The Bertz CT molecular complexity index is 1090. The van der Waals surface area contributed by atoms with Crippen molar-refractivity contribution in [3.8, 4) is 6.07 Å². The summed E-state index contributed by atoms with van der Waals surface area (Å²) in [6.07, 6.45) is -0.108. The van der Waals surface area contributed by atoms with Gasteiger partial charge in [0.15, 0.2) is 5.60 Å². The summed E-state index contributed by atoms with van der Waals surface area (Å²) in [7, 11) is 0. The number of nitrogens with zero attached hydrogens (tertiary/aromatic N) is 6. The molecule has 0 unspecified atom stereocenters. The van der Waals surface area contributed by atoms with Crippen LogP contribution in [0.1, 0.15) is 30.9 Å². The van der Waals surface area contributed by atoms with Gasteiger partial charge in [0.25, 0.3) is 6.43 Å². The third-order valence-electron chi connectivity index (χ3n) is 7.32. The number of amides is 1. The van der Waals surface area contributed by atoms with Crippen LogP contribution in [0, 0.1) is 16.7 Å². The molecule has 1 atom stereocenters. The van der Waals surface area contributed by atoms with E-state index in [9.17, 15) is 13.6 Å². The molecule has 3 heterocycles. The Balaban J connectivity index is 1.15. The first-order chi connectivity index (χ1) is 16.8. The van der Waals surface area contributed by atoms with Gasteiger partial charge >= 0.3 is 6.09 Å². The number of nitriles is 1. The van der Waals surface area contributed by atoms with Crippen LogP contribution in [-0.2, 0) is 11.3 Å². The molecule has 35 heavy (non-hydrogen) atoms. The molecule has 0 N–H and O–H groups in total. The van der Waals surface area contributed by atoms with Crippen LogP contribution >= 0.6 is 0 Å². The second-order valence-electron chi connectivity index (χ2n) is 10.1. The van der Waals surface area contributed by atoms with E-state index >= 15 is 0 Å². The van der Waals surface area contributed by atoms with Crippen molar-refractivity contribution in [1.29, 1.82) is 5.26 Å². The smallest absolute Gasteiger partial charge is 0.410 e. The first kappa shape index (κ1) is 23.4. The van der Waals surface area contributed by atoms with E-state index in [2.05, 4.69) is 27.0 Å². The van der Waals surface area contributed by atoms with Gasteiger partial charge in [0.2, 0.25) is 5.95 Å². The van der Waals surface area contributed by atoms with E-state index in [-0.39, 0.29) is 24.3 Å². The third-order valence-corrected chi connectivity index (χ3v) is 7.32. The van der Waals surface area contributed by atoms with Crippen molar-refractivity contribution in [1.82, 2.24) is 19.8 Å². The zero-order chi connectivity index (χ0) is 24.6. The van der Waals surface area contributed by atoms with Gasteiger partial charge in [0.1, 0.15) is 6.07 Å². The van der Waals surface area contributed by atoms with Gasteiger partial charge in [-0.1, -0.05) is 30.3 Å². The molecule has 2 aliphatic heterocycles. The average Bonchev–Trinajstić information content (AvgIpc) is 2.81. The minimum absolute atomic E-state index is 0.192. The molecule has 1 spiro atoms. The zero-order valence-corrected chi connectivity index (χ0v) is 19.6. The topological polar surface area (TPSA) is 85.6 Å². The van der Waals surface area contributed by atoms with Gasteiger partial charge in [0, 0.05) is 63.6 Å². The van der Waals surface area contributed by atoms with Crippen molar-refractivity contribution in [3.05, 3.63) is 53.9 Å². The third kappa shape index (κ3) is 4.52. The molecule has 2 saturated heterocycles. The molecule has 0 radical (unpaired) electrons. The number of hydrogen-bond acceptors (Lipinski definition) is 7. The van der Waals surface area contributed by atoms with E-state index in [0.717, 1.165) is 19.6 Å². The molecule has 2 aromatic rings. The fourth-order valence-corrected chi connectivity index (χ4v) is 5.75. The van der Waals surface area contributed by atoms with Crippen molar-refractivity contribution in [2.24, 2.45) is 5.41 Å². The predicted molar refractivity (Wildman–Crippen MR) is 124 cm³/mol. The van der Waals surface area contributed by atoms with Gasteiger partial charge in [0.05, 0.1) is 18.0 Å². The van der Waals surface area contributed by atoms with Crippen LogP contribution in [-0.4, -0.2) is 76.7 Å². The second-order valence-corrected chi connectivity index (χ2v) is 10.1. The lowest BCUT2D eigenvalue weighted by molar-refractivity contribution is -0.243. The molecule has 0 bridgehead atoms. The summed E-state index contributed by atoms with van der Waals surface area (Å²) >= 11 is 0. The minimum Gasteiger partial charge on any atom is -0.437 e. The van der Waals surface area contributed by atoms with Crippen molar-refractivity contribution in [2.45, 2.75) is 44.4 Å². The van der Waals surface area contributed by atoms with E-state index in [1.165, 1.54) is 22.9 Å². The Labute approximate surface area is 203 Å². The number of rotatable bonds is 5. The Morgan fingerprint density at radius 1 is 1.20 bits per heavy atom. The number of halogens is 2. The Kier molecular flexibility index (Phi) is 6.05. The predicted octanol–water partition coefficient (Wildman–Crippen LogP) is 3.30. The monoisotopic (exact) mass is 482 g/mol.